The quantitative estimate of drug-likeness (QED) is 0.794. The predicted octanol–water partition coefficient (Wildman–Crippen LogP) is 1.79. The highest BCUT2D eigenvalue weighted by molar-refractivity contribution is 5.93. The Balaban J connectivity index is 2.02. The molecule has 1 heterocycles. The summed E-state index contributed by atoms with van der Waals surface area (Å²) in [6.45, 7) is 5.86. The average molecular weight is 218 g/mol. The molecule has 0 bridgehead atoms. The van der Waals surface area contributed by atoms with Gasteiger partial charge in [-0.1, -0.05) is 19.1 Å². The van der Waals surface area contributed by atoms with Crippen LogP contribution in [0.1, 0.15) is 12.5 Å². The summed E-state index contributed by atoms with van der Waals surface area (Å²) in [5.74, 6) is 0.647. The molecule has 16 heavy (non-hydrogen) atoms. The van der Waals surface area contributed by atoms with Crippen LogP contribution >= 0.6 is 0 Å². The number of rotatable bonds is 2. The number of nitrogens with one attached hydrogen (secondary N) is 2. The summed E-state index contributed by atoms with van der Waals surface area (Å²) in [4.78, 5) is 12.0. The molecular formula is C13H18N2O. The third-order valence-electron chi connectivity index (χ3n) is 3.14. The van der Waals surface area contributed by atoms with E-state index in [2.05, 4.69) is 17.6 Å². The van der Waals surface area contributed by atoms with E-state index in [1.807, 2.05) is 31.2 Å². The first kappa shape index (κ1) is 11.1. The first-order chi connectivity index (χ1) is 7.66. The van der Waals surface area contributed by atoms with Gasteiger partial charge in [-0.25, -0.2) is 0 Å². The molecule has 3 heteroatoms. The maximum absolute atomic E-state index is 12.0. The van der Waals surface area contributed by atoms with Crippen LogP contribution in [-0.4, -0.2) is 19.0 Å². The summed E-state index contributed by atoms with van der Waals surface area (Å²) in [6, 6.07) is 7.90. The fourth-order valence-electron chi connectivity index (χ4n) is 2.12. The van der Waals surface area contributed by atoms with Crippen LogP contribution in [0, 0.1) is 18.8 Å². The van der Waals surface area contributed by atoms with Crippen LogP contribution < -0.4 is 10.6 Å². The molecule has 0 aliphatic carbocycles. The van der Waals surface area contributed by atoms with E-state index in [4.69, 9.17) is 0 Å². The molecule has 1 aromatic rings. The number of benzene rings is 1. The first-order valence-electron chi connectivity index (χ1n) is 5.75. The zero-order valence-corrected chi connectivity index (χ0v) is 9.79. The average Bonchev–Trinajstić information content (AvgIpc) is 2.64. The Morgan fingerprint density at radius 3 is 2.88 bits per heavy atom. The summed E-state index contributed by atoms with van der Waals surface area (Å²) in [7, 11) is 0. The lowest BCUT2D eigenvalue weighted by Gasteiger charge is -2.14. The van der Waals surface area contributed by atoms with Crippen molar-refractivity contribution in [3.8, 4) is 0 Å². The standard InChI is InChI=1S/C13H18N2O/c1-9-4-3-5-11(6-9)15-13(16)12-8-14-7-10(12)2/h3-6,10,12,14H,7-8H2,1-2H3,(H,15,16)/t10-,12-/m1/s1. The molecule has 86 valence electrons. The molecule has 0 saturated carbocycles. The minimum absolute atomic E-state index is 0.0977. The van der Waals surface area contributed by atoms with Crippen LogP contribution in [0.25, 0.3) is 0 Å². The zero-order chi connectivity index (χ0) is 11.5. The normalized spacial score (nSPS) is 24.4. The van der Waals surface area contributed by atoms with Gasteiger partial charge in [0.2, 0.25) is 5.91 Å². The number of amides is 1. The second-order valence-corrected chi connectivity index (χ2v) is 4.60. The minimum Gasteiger partial charge on any atom is -0.326 e. The second kappa shape index (κ2) is 4.66. The molecule has 1 amide bonds. The van der Waals surface area contributed by atoms with Crippen LogP contribution in [0.15, 0.2) is 24.3 Å². The third kappa shape index (κ3) is 2.42. The lowest BCUT2D eigenvalue weighted by atomic mass is 9.97. The van der Waals surface area contributed by atoms with E-state index >= 15 is 0 Å². The van der Waals surface area contributed by atoms with E-state index in [9.17, 15) is 4.79 Å². The molecule has 0 spiro atoms. The molecule has 1 aliphatic rings. The molecule has 0 unspecified atom stereocenters. The largest absolute Gasteiger partial charge is 0.326 e. The molecular weight excluding hydrogens is 200 g/mol. The van der Waals surface area contributed by atoms with Gasteiger partial charge in [-0.05, 0) is 37.1 Å². The van der Waals surface area contributed by atoms with Crippen molar-refractivity contribution in [1.29, 1.82) is 0 Å². The molecule has 2 atom stereocenters. The number of carbonyl (C=O) groups excluding carboxylic acids is 1. The molecule has 1 aliphatic heterocycles. The van der Waals surface area contributed by atoms with Crippen LogP contribution in [0.4, 0.5) is 5.69 Å². The van der Waals surface area contributed by atoms with E-state index in [0.29, 0.717) is 5.92 Å². The van der Waals surface area contributed by atoms with E-state index < -0.39 is 0 Å². The Kier molecular flexibility index (Phi) is 3.25. The van der Waals surface area contributed by atoms with Crippen molar-refractivity contribution in [3.05, 3.63) is 29.8 Å². The van der Waals surface area contributed by atoms with Gasteiger partial charge in [0.05, 0.1) is 5.92 Å². The predicted molar refractivity (Wildman–Crippen MR) is 65.3 cm³/mol. The minimum atomic E-state index is 0.0977. The van der Waals surface area contributed by atoms with Crippen LogP contribution in [0.3, 0.4) is 0 Å². The molecule has 0 radical (unpaired) electrons. The van der Waals surface area contributed by atoms with Crippen molar-refractivity contribution in [3.63, 3.8) is 0 Å². The van der Waals surface area contributed by atoms with E-state index in [1.165, 1.54) is 0 Å². The molecule has 0 aromatic heterocycles. The van der Waals surface area contributed by atoms with Gasteiger partial charge < -0.3 is 10.6 Å². The maximum Gasteiger partial charge on any atom is 0.229 e. The smallest absolute Gasteiger partial charge is 0.229 e. The van der Waals surface area contributed by atoms with Crippen molar-refractivity contribution in [2.45, 2.75) is 13.8 Å². The van der Waals surface area contributed by atoms with Crippen LogP contribution in [-0.2, 0) is 4.79 Å². The molecule has 1 aromatic carbocycles. The number of carbonyl (C=O) groups is 1. The summed E-state index contributed by atoms with van der Waals surface area (Å²) in [5, 5.41) is 6.22. The van der Waals surface area contributed by atoms with Crippen molar-refractivity contribution in [2.24, 2.45) is 11.8 Å². The van der Waals surface area contributed by atoms with Gasteiger partial charge in [-0.3, -0.25) is 4.79 Å². The summed E-state index contributed by atoms with van der Waals surface area (Å²) < 4.78 is 0. The van der Waals surface area contributed by atoms with Gasteiger partial charge >= 0.3 is 0 Å². The Morgan fingerprint density at radius 2 is 2.25 bits per heavy atom. The maximum atomic E-state index is 12.0. The Bertz CT molecular complexity index is 389. The van der Waals surface area contributed by atoms with Crippen LogP contribution in [0.5, 0.6) is 0 Å². The molecule has 1 saturated heterocycles. The van der Waals surface area contributed by atoms with E-state index in [-0.39, 0.29) is 11.8 Å². The summed E-state index contributed by atoms with van der Waals surface area (Å²) in [6.07, 6.45) is 0. The van der Waals surface area contributed by atoms with E-state index in [1.54, 1.807) is 0 Å². The number of hydrogen-bond acceptors (Lipinski definition) is 2. The van der Waals surface area contributed by atoms with Crippen molar-refractivity contribution >= 4 is 11.6 Å². The zero-order valence-electron chi connectivity index (χ0n) is 9.79. The highest BCUT2D eigenvalue weighted by Gasteiger charge is 2.29. The highest BCUT2D eigenvalue weighted by atomic mass is 16.1. The number of aryl methyl sites for hydroxylation is 1. The van der Waals surface area contributed by atoms with Crippen molar-refractivity contribution in [2.75, 3.05) is 18.4 Å². The van der Waals surface area contributed by atoms with Gasteiger partial charge in [0.15, 0.2) is 0 Å². The Morgan fingerprint density at radius 1 is 1.44 bits per heavy atom. The van der Waals surface area contributed by atoms with Crippen molar-refractivity contribution < 1.29 is 4.79 Å². The van der Waals surface area contributed by atoms with E-state index in [0.717, 1.165) is 24.3 Å². The third-order valence-corrected chi connectivity index (χ3v) is 3.14. The fourth-order valence-corrected chi connectivity index (χ4v) is 2.12. The molecule has 2 N–H and O–H groups in total. The number of hydrogen-bond donors (Lipinski definition) is 2. The SMILES string of the molecule is Cc1cccc(NC(=O)[C@@H]2CNC[C@H]2C)c1. The summed E-state index contributed by atoms with van der Waals surface area (Å²) >= 11 is 0. The van der Waals surface area contributed by atoms with Crippen molar-refractivity contribution in [1.82, 2.24) is 5.32 Å². The first-order valence-corrected chi connectivity index (χ1v) is 5.75. The number of anilines is 1. The lowest BCUT2D eigenvalue weighted by molar-refractivity contribution is -0.120. The Hall–Kier alpha value is -1.35. The van der Waals surface area contributed by atoms with Gasteiger partial charge in [-0.15, -0.1) is 0 Å². The van der Waals surface area contributed by atoms with Gasteiger partial charge in [0.1, 0.15) is 0 Å². The highest BCUT2D eigenvalue weighted by Crippen LogP contribution is 2.18. The second-order valence-electron chi connectivity index (χ2n) is 4.60. The molecule has 1 fully saturated rings. The van der Waals surface area contributed by atoms with Crippen LogP contribution in [0.2, 0.25) is 0 Å². The lowest BCUT2D eigenvalue weighted by Crippen LogP contribution is -2.27. The fraction of sp³-hybridized carbons (Fsp3) is 0.462. The van der Waals surface area contributed by atoms with Gasteiger partial charge in [0.25, 0.3) is 0 Å². The Labute approximate surface area is 96.2 Å². The van der Waals surface area contributed by atoms with Gasteiger partial charge in [0, 0.05) is 12.2 Å². The molecule has 3 nitrogen and oxygen atoms in total. The molecule has 2 rings (SSSR count). The summed E-state index contributed by atoms with van der Waals surface area (Å²) in [5.41, 5.74) is 2.06. The topological polar surface area (TPSA) is 41.1 Å². The monoisotopic (exact) mass is 218 g/mol. The van der Waals surface area contributed by atoms with Gasteiger partial charge in [-0.2, -0.15) is 0 Å².